The molecule has 1 aliphatic heterocycles. The summed E-state index contributed by atoms with van der Waals surface area (Å²) in [7, 11) is 1.78. The molecule has 3 aromatic rings. The van der Waals surface area contributed by atoms with Gasteiger partial charge in [0.1, 0.15) is 11.5 Å². The molecule has 1 atom stereocenters. The lowest BCUT2D eigenvalue weighted by Crippen LogP contribution is -2.43. The van der Waals surface area contributed by atoms with Crippen LogP contribution in [0.25, 0.3) is 0 Å². The number of nitrogens with one attached hydrogen (secondary N) is 1. The molecule has 6 nitrogen and oxygen atoms in total. The monoisotopic (exact) mass is 670 g/mol. The zero-order valence-corrected chi connectivity index (χ0v) is 31.3. The normalized spacial score (nSPS) is 14.1. The maximum absolute atomic E-state index is 11.4. The number of hydrogen-bond acceptors (Lipinski definition) is 6. The van der Waals surface area contributed by atoms with Gasteiger partial charge in [-0.25, -0.2) is 0 Å². The highest BCUT2D eigenvalue weighted by molar-refractivity contribution is 5.65. The fourth-order valence-corrected chi connectivity index (χ4v) is 7.22. The van der Waals surface area contributed by atoms with Crippen molar-refractivity contribution >= 4 is 5.97 Å². The van der Waals surface area contributed by atoms with Crippen molar-refractivity contribution in [3.63, 3.8) is 0 Å². The van der Waals surface area contributed by atoms with Crippen LogP contribution in [-0.2, 0) is 16.0 Å². The highest BCUT2D eigenvalue weighted by Crippen LogP contribution is 2.40. The minimum Gasteiger partial charge on any atom is -0.496 e. The second-order valence-electron chi connectivity index (χ2n) is 14.0. The van der Waals surface area contributed by atoms with Crippen molar-refractivity contribution in [1.29, 1.82) is 0 Å². The molecule has 1 saturated heterocycles. The summed E-state index contributed by atoms with van der Waals surface area (Å²) in [4.78, 5) is 14.0. The summed E-state index contributed by atoms with van der Waals surface area (Å²) in [6.07, 6.45) is 13.7. The topological polar surface area (TPSA) is 60.0 Å². The van der Waals surface area contributed by atoms with Gasteiger partial charge in [0.05, 0.1) is 7.11 Å². The van der Waals surface area contributed by atoms with E-state index in [-0.39, 0.29) is 18.7 Å². The van der Waals surface area contributed by atoms with Crippen LogP contribution in [0, 0.1) is 27.7 Å². The first-order valence-electron chi connectivity index (χ1n) is 18.8. The molecular weight excluding hydrogens is 608 g/mol. The first kappa shape index (κ1) is 38.5. The number of carbonyl (C=O) groups excluding carboxylic acids is 1. The molecule has 0 bridgehead atoms. The summed E-state index contributed by atoms with van der Waals surface area (Å²) in [6, 6.07) is 17.4. The summed E-state index contributed by atoms with van der Waals surface area (Å²) in [5, 5.41) is 3.45. The second-order valence-corrected chi connectivity index (χ2v) is 14.0. The van der Waals surface area contributed by atoms with Crippen LogP contribution in [0.2, 0.25) is 0 Å². The Hall–Kier alpha value is -3.35. The number of methoxy groups -OCH3 is 1. The van der Waals surface area contributed by atoms with Gasteiger partial charge in [-0.1, -0.05) is 87.8 Å². The van der Waals surface area contributed by atoms with E-state index < -0.39 is 0 Å². The Morgan fingerprint density at radius 3 is 2.14 bits per heavy atom. The van der Waals surface area contributed by atoms with E-state index >= 15 is 0 Å². The number of piperazine rings is 1. The molecule has 268 valence electrons. The van der Waals surface area contributed by atoms with Crippen LogP contribution in [0.4, 0.5) is 0 Å². The van der Waals surface area contributed by atoms with Crippen LogP contribution < -0.4 is 14.8 Å². The molecule has 1 fully saturated rings. The van der Waals surface area contributed by atoms with Crippen molar-refractivity contribution < 1.29 is 19.0 Å². The number of benzene rings is 3. The molecule has 3 aromatic carbocycles. The third kappa shape index (κ3) is 11.9. The SMILES string of the molecule is COc1cc(C(CCCCCCCCCCCN2CCNCC2)c2ccc(C)c(C)c2)c(Cc2ccccc2OCOC(C)=O)c(C)c1C. The molecule has 0 amide bonds. The Kier molecular flexibility index (Phi) is 16.0. The van der Waals surface area contributed by atoms with Crippen LogP contribution in [0.15, 0.2) is 48.5 Å². The summed E-state index contributed by atoms with van der Waals surface area (Å²) >= 11 is 0. The lowest BCUT2D eigenvalue weighted by Gasteiger charge is -2.27. The van der Waals surface area contributed by atoms with Crippen molar-refractivity contribution in [2.24, 2.45) is 0 Å². The van der Waals surface area contributed by atoms with Gasteiger partial charge in [-0.15, -0.1) is 0 Å². The first-order chi connectivity index (χ1) is 23.8. The van der Waals surface area contributed by atoms with E-state index in [1.807, 2.05) is 18.2 Å². The van der Waals surface area contributed by atoms with Gasteiger partial charge in [0.25, 0.3) is 0 Å². The number of rotatable bonds is 20. The summed E-state index contributed by atoms with van der Waals surface area (Å²) < 4.78 is 17.0. The van der Waals surface area contributed by atoms with E-state index in [0.717, 1.165) is 43.0 Å². The van der Waals surface area contributed by atoms with Crippen molar-refractivity contribution in [3.05, 3.63) is 93.0 Å². The van der Waals surface area contributed by atoms with E-state index in [2.05, 4.69) is 68.2 Å². The van der Waals surface area contributed by atoms with Crippen LogP contribution in [0.5, 0.6) is 11.5 Å². The molecule has 0 saturated carbocycles. The average Bonchev–Trinajstić information content (AvgIpc) is 3.10. The molecule has 1 aliphatic rings. The molecule has 49 heavy (non-hydrogen) atoms. The largest absolute Gasteiger partial charge is 0.496 e. The lowest BCUT2D eigenvalue weighted by molar-refractivity contribution is -0.147. The van der Waals surface area contributed by atoms with Gasteiger partial charge in [0.2, 0.25) is 6.79 Å². The van der Waals surface area contributed by atoms with Crippen LogP contribution >= 0.6 is 0 Å². The number of carbonyl (C=O) groups is 1. The fourth-order valence-electron chi connectivity index (χ4n) is 7.22. The maximum Gasteiger partial charge on any atom is 0.305 e. The van der Waals surface area contributed by atoms with Crippen molar-refractivity contribution in [3.8, 4) is 11.5 Å². The van der Waals surface area contributed by atoms with E-state index in [0.29, 0.717) is 0 Å². The minimum atomic E-state index is -0.352. The van der Waals surface area contributed by atoms with Gasteiger partial charge in [0.15, 0.2) is 0 Å². The molecule has 6 heteroatoms. The third-order valence-electron chi connectivity index (χ3n) is 10.5. The molecular formula is C43H62N2O4. The quantitative estimate of drug-likeness (QED) is 0.0735. The molecule has 0 aromatic heterocycles. The zero-order valence-electron chi connectivity index (χ0n) is 31.3. The maximum atomic E-state index is 11.4. The highest BCUT2D eigenvalue weighted by atomic mass is 16.7. The highest BCUT2D eigenvalue weighted by Gasteiger charge is 2.23. The van der Waals surface area contributed by atoms with E-state index in [1.165, 1.54) is 123 Å². The lowest BCUT2D eigenvalue weighted by atomic mass is 9.79. The Morgan fingerprint density at radius 1 is 0.796 bits per heavy atom. The first-order valence-corrected chi connectivity index (χ1v) is 18.8. The van der Waals surface area contributed by atoms with Crippen LogP contribution in [0.1, 0.15) is 122 Å². The number of nitrogens with zero attached hydrogens (tertiary/aromatic N) is 1. The van der Waals surface area contributed by atoms with Gasteiger partial charge in [-0.3, -0.25) is 4.79 Å². The van der Waals surface area contributed by atoms with Gasteiger partial charge < -0.3 is 24.4 Å². The third-order valence-corrected chi connectivity index (χ3v) is 10.5. The summed E-state index contributed by atoms with van der Waals surface area (Å²) in [5.74, 6) is 1.59. The predicted octanol–water partition coefficient (Wildman–Crippen LogP) is 9.36. The van der Waals surface area contributed by atoms with Crippen molar-refractivity contribution in [2.45, 2.75) is 111 Å². The molecule has 1 N–H and O–H groups in total. The Balaban J connectivity index is 1.44. The number of para-hydroxylation sites is 1. The van der Waals surface area contributed by atoms with Gasteiger partial charge in [-0.05, 0) is 104 Å². The van der Waals surface area contributed by atoms with Crippen molar-refractivity contribution in [2.75, 3.05) is 46.6 Å². The number of esters is 1. The number of unbranched alkanes of at least 4 members (excludes halogenated alkanes) is 8. The van der Waals surface area contributed by atoms with Gasteiger partial charge >= 0.3 is 5.97 Å². The number of aryl methyl sites for hydroxylation is 2. The standard InChI is InChI=1S/C43H62N2O4/c1-32-21-22-37(28-33(32)2)39(19-14-12-10-8-7-9-11-13-17-25-45-26-23-44-24-27-45)41-30-43(47-6)35(4)34(3)40(41)29-38-18-15-16-20-42(38)49-31-48-36(5)46/h15-16,18,20-22,28,30,39,44H,7-14,17,19,23-27,29,31H2,1-6H3. The van der Waals surface area contributed by atoms with E-state index in [4.69, 9.17) is 14.2 Å². The Bertz CT molecular complexity index is 1460. The number of ether oxygens (including phenoxy) is 3. The summed E-state index contributed by atoms with van der Waals surface area (Å²) in [5.41, 5.74) is 10.2. The zero-order chi connectivity index (χ0) is 35.0. The Morgan fingerprint density at radius 2 is 1.47 bits per heavy atom. The van der Waals surface area contributed by atoms with Gasteiger partial charge in [0, 0.05) is 45.4 Å². The van der Waals surface area contributed by atoms with Crippen LogP contribution in [-0.4, -0.2) is 57.5 Å². The van der Waals surface area contributed by atoms with E-state index in [1.54, 1.807) is 7.11 Å². The molecule has 1 unspecified atom stereocenters. The molecule has 0 spiro atoms. The van der Waals surface area contributed by atoms with Crippen molar-refractivity contribution in [1.82, 2.24) is 10.2 Å². The molecule has 1 heterocycles. The van der Waals surface area contributed by atoms with Crippen LogP contribution in [0.3, 0.4) is 0 Å². The second kappa shape index (κ2) is 20.4. The Labute approximate surface area is 296 Å². The van der Waals surface area contributed by atoms with E-state index in [9.17, 15) is 4.79 Å². The smallest absolute Gasteiger partial charge is 0.305 e. The molecule has 0 aliphatic carbocycles. The minimum absolute atomic E-state index is 0.0953. The van der Waals surface area contributed by atoms with Gasteiger partial charge in [-0.2, -0.15) is 0 Å². The molecule has 4 rings (SSSR count). The predicted molar refractivity (Wildman–Crippen MR) is 202 cm³/mol. The molecule has 0 radical (unpaired) electrons. The number of hydrogen-bond donors (Lipinski definition) is 1. The average molecular weight is 671 g/mol. The summed E-state index contributed by atoms with van der Waals surface area (Å²) in [6.45, 7) is 16.1. The fraction of sp³-hybridized carbons (Fsp3) is 0.558.